The fraction of sp³-hybridized carbons (Fsp3) is 0.375. The predicted octanol–water partition coefficient (Wildman–Crippen LogP) is 2.52. The molecule has 60 valence electrons. The zero-order chi connectivity index (χ0) is 14.2. The van der Waals surface area contributed by atoms with Gasteiger partial charge in [-0.3, -0.25) is 0 Å². The van der Waals surface area contributed by atoms with Crippen LogP contribution in [-0.4, -0.2) is 11.1 Å². The van der Waals surface area contributed by atoms with E-state index in [1.807, 2.05) is 0 Å². The Labute approximate surface area is 81.0 Å². The second-order valence-electron chi connectivity index (χ2n) is 1.72. The summed E-state index contributed by atoms with van der Waals surface area (Å²) in [5.41, 5.74) is 0. The van der Waals surface area contributed by atoms with Crippen LogP contribution in [0.25, 0.3) is 0 Å². The number of halogens is 1. The Morgan fingerprint density at radius 3 is 3.27 bits per heavy atom. The number of nitrogens with zero attached hydrogens (tertiary/aromatic N) is 1. The molecule has 0 saturated carbocycles. The van der Waals surface area contributed by atoms with Gasteiger partial charge >= 0.3 is 0 Å². The summed E-state index contributed by atoms with van der Waals surface area (Å²) in [5.74, 6) is -0.401. The van der Waals surface area contributed by atoms with Gasteiger partial charge in [-0.15, -0.1) is 0 Å². The highest BCUT2D eigenvalue weighted by Crippen LogP contribution is 2.20. The third-order valence-corrected chi connectivity index (χ3v) is 1.21. The fourth-order valence-corrected chi connectivity index (χ4v) is 0.703. The first kappa shape index (κ1) is 2.94. The molecule has 0 amide bonds. The van der Waals surface area contributed by atoms with Gasteiger partial charge in [0.15, 0.2) is 0 Å². The average molecular weight is 179 g/mol. The summed E-state index contributed by atoms with van der Waals surface area (Å²) in [7, 11) is 0. The Kier molecular flexibility index (Phi) is 0.957. The molecule has 11 heavy (non-hydrogen) atoms. The van der Waals surface area contributed by atoms with Crippen LogP contribution in [0.3, 0.4) is 0 Å². The van der Waals surface area contributed by atoms with Crippen LogP contribution in [0.5, 0.6) is 5.88 Å². The van der Waals surface area contributed by atoms with Crippen LogP contribution in [0.1, 0.15) is 23.3 Å². The first-order valence-corrected chi connectivity index (χ1v) is 3.16. The van der Waals surface area contributed by atoms with Gasteiger partial charge in [-0.05, 0) is 25.8 Å². The number of pyridine rings is 1. The Hall–Kier alpha value is -0.760. The van der Waals surface area contributed by atoms with Gasteiger partial charge in [0.25, 0.3) is 0 Å². The van der Waals surface area contributed by atoms with Crippen molar-refractivity contribution in [2.24, 2.45) is 0 Å². The summed E-state index contributed by atoms with van der Waals surface area (Å²) in [6.45, 7) is -6.36. The molecule has 0 radical (unpaired) electrons. The largest absolute Gasteiger partial charge is 0.474 e. The molecule has 0 fully saturated rings. The molecule has 0 spiro atoms. The van der Waals surface area contributed by atoms with Crippen LogP contribution >= 0.6 is 11.6 Å². The van der Waals surface area contributed by atoms with Crippen LogP contribution < -0.4 is 4.74 Å². The van der Waals surface area contributed by atoms with Crippen LogP contribution in [-0.2, 0) is 0 Å². The van der Waals surface area contributed by atoms with E-state index in [-0.39, 0.29) is 5.02 Å². The van der Waals surface area contributed by atoms with E-state index < -0.39 is 25.7 Å². The lowest BCUT2D eigenvalue weighted by Crippen LogP contribution is -2.06. The third-order valence-electron chi connectivity index (χ3n) is 0.923. The summed E-state index contributed by atoms with van der Waals surface area (Å²) >= 11 is 5.69. The lowest BCUT2D eigenvalue weighted by Gasteiger charge is -2.08. The van der Waals surface area contributed by atoms with Crippen molar-refractivity contribution < 1.29 is 14.3 Å². The van der Waals surface area contributed by atoms with Crippen LogP contribution in [0.15, 0.2) is 18.3 Å². The van der Waals surface area contributed by atoms with Crippen molar-refractivity contribution in [1.29, 1.82) is 0 Å². The van der Waals surface area contributed by atoms with Crippen molar-refractivity contribution in [1.82, 2.24) is 4.98 Å². The van der Waals surface area contributed by atoms with E-state index in [9.17, 15) is 0 Å². The maximum absolute atomic E-state index is 7.61. The number of ether oxygens (including phenoxy) is 1. The van der Waals surface area contributed by atoms with Gasteiger partial charge in [0.1, 0.15) is 5.02 Å². The standard InChI is InChI=1S/C8H10ClNO/c1-6(2)11-8-7(9)4-3-5-10-8/h3-6H,1-2H3/i1D3,2D3,6D. The number of aromatic nitrogens is 1. The smallest absolute Gasteiger partial charge is 0.232 e. The van der Waals surface area contributed by atoms with E-state index in [1.54, 1.807) is 0 Å². The minimum Gasteiger partial charge on any atom is -0.474 e. The average Bonchev–Trinajstić information content (AvgIpc) is 2.18. The molecule has 1 rings (SSSR count). The molecule has 2 nitrogen and oxygen atoms in total. The molecule has 0 aliphatic rings. The molecule has 3 heteroatoms. The highest BCUT2D eigenvalue weighted by Gasteiger charge is 2.02. The van der Waals surface area contributed by atoms with Gasteiger partial charge in [0.2, 0.25) is 5.88 Å². The minimum absolute atomic E-state index is 0.0670. The Morgan fingerprint density at radius 1 is 1.82 bits per heavy atom. The molecule has 1 aromatic heterocycles. The van der Waals surface area contributed by atoms with E-state index in [0.29, 0.717) is 0 Å². The van der Waals surface area contributed by atoms with Crippen molar-refractivity contribution in [3.63, 3.8) is 0 Å². The number of hydrogen-bond donors (Lipinski definition) is 0. The maximum Gasteiger partial charge on any atom is 0.232 e. The second-order valence-corrected chi connectivity index (χ2v) is 2.13. The van der Waals surface area contributed by atoms with Crippen LogP contribution in [0.4, 0.5) is 0 Å². The normalized spacial score (nSPS) is 22.8. The molecule has 1 aromatic rings. The van der Waals surface area contributed by atoms with E-state index in [0.717, 1.165) is 0 Å². The zero-order valence-corrected chi connectivity index (χ0v) is 6.22. The van der Waals surface area contributed by atoms with E-state index >= 15 is 0 Å². The van der Waals surface area contributed by atoms with Crippen molar-refractivity contribution in [2.45, 2.75) is 19.8 Å². The number of hydrogen-bond acceptors (Lipinski definition) is 2. The molecule has 0 aliphatic heterocycles. The number of rotatable bonds is 2. The molecular formula is C8H10ClNO. The van der Waals surface area contributed by atoms with Gasteiger partial charge < -0.3 is 4.74 Å². The maximum atomic E-state index is 7.61. The molecule has 0 atom stereocenters. The summed E-state index contributed by atoms with van der Waals surface area (Å²) in [6, 6.07) is 2.81. The van der Waals surface area contributed by atoms with Crippen molar-refractivity contribution in [3.05, 3.63) is 23.4 Å². The Balaban J connectivity index is 3.21. The summed E-state index contributed by atoms with van der Waals surface area (Å²) in [6.07, 6.45) is -1.88. The fourth-order valence-electron chi connectivity index (χ4n) is 0.543. The summed E-state index contributed by atoms with van der Waals surface area (Å²) in [5, 5.41) is -0.0670. The highest BCUT2D eigenvalue weighted by molar-refractivity contribution is 6.31. The second kappa shape index (κ2) is 3.58. The quantitative estimate of drug-likeness (QED) is 0.695. The Bertz CT molecular complexity index is 416. The van der Waals surface area contributed by atoms with Crippen molar-refractivity contribution in [2.75, 3.05) is 0 Å². The lowest BCUT2D eigenvalue weighted by molar-refractivity contribution is 0.233. The predicted molar refractivity (Wildman–Crippen MR) is 45.0 cm³/mol. The van der Waals surface area contributed by atoms with Gasteiger partial charge in [-0.1, -0.05) is 11.6 Å². The molecule has 0 saturated heterocycles. The van der Waals surface area contributed by atoms with Gasteiger partial charge in [-0.2, -0.15) is 0 Å². The SMILES string of the molecule is [2H]C([2H])([2H])C([2H])(Oc1ncccc1Cl)C([2H])([2H])[2H]. The third kappa shape index (κ3) is 2.39. The van der Waals surface area contributed by atoms with Crippen LogP contribution in [0.2, 0.25) is 5.02 Å². The van der Waals surface area contributed by atoms with Gasteiger partial charge in [0.05, 0.1) is 7.45 Å². The van der Waals surface area contributed by atoms with E-state index in [4.69, 9.17) is 25.9 Å². The van der Waals surface area contributed by atoms with E-state index in [2.05, 4.69) is 4.98 Å². The molecule has 0 aliphatic carbocycles. The summed E-state index contributed by atoms with van der Waals surface area (Å²) < 4.78 is 55.3. The first-order chi connectivity index (χ1) is 7.99. The highest BCUT2D eigenvalue weighted by atomic mass is 35.5. The molecule has 1 heterocycles. The molecular weight excluding hydrogens is 162 g/mol. The Morgan fingerprint density at radius 2 is 2.64 bits per heavy atom. The van der Waals surface area contributed by atoms with Crippen LogP contribution in [0, 0.1) is 0 Å². The topological polar surface area (TPSA) is 22.1 Å². The van der Waals surface area contributed by atoms with Gasteiger partial charge in [0, 0.05) is 14.4 Å². The minimum atomic E-state index is -3.18. The summed E-state index contributed by atoms with van der Waals surface area (Å²) in [4.78, 5) is 3.62. The molecule has 0 aromatic carbocycles. The monoisotopic (exact) mass is 178 g/mol. The zero-order valence-electron chi connectivity index (χ0n) is 12.5. The molecule has 0 unspecified atom stereocenters. The molecule has 0 N–H and O–H groups in total. The molecule has 0 bridgehead atoms. The lowest BCUT2D eigenvalue weighted by atomic mass is 10.4. The van der Waals surface area contributed by atoms with E-state index in [1.165, 1.54) is 18.3 Å². The van der Waals surface area contributed by atoms with Gasteiger partial charge in [-0.25, -0.2) is 4.98 Å². The van der Waals surface area contributed by atoms with Crippen molar-refractivity contribution in [3.8, 4) is 5.88 Å². The van der Waals surface area contributed by atoms with Crippen molar-refractivity contribution >= 4 is 11.6 Å². The first-order valence-electron chi connectivity index (χ1n) is 6.28.